The molecule has 0 saturated heterocycles. The number of carbonyl (C=O) groups excluding carboxylic acids is 2. The maximum Gasteiger partial charge on any atom is 0.336 e. The van der Waals surface area contributed by atoms with Gasteiger partial charge in [0.15, 0.2) is 11.5 Å². The van der Waals surface area contributed by atoms with E-state index in [4.69, 9.17) is 14.2 Å². The van der Waals surface area contributed by atoms with Crippen molar-refractivity contribution in [3.63, 3.8) is 0 Å². The normalized spacial score (nSPS) is 18.8. The number of hydrogen-bond donors (Lipinski definition) is 0. The van der Waals surface area contributed by atoms with Gasteiger partial charge in [-0.15, -0.1) is 0 Å². The lowest BCUT2D eigenvalue weighted by Gasteiger charge is -2.32. The molecule has 0 N–H and O–H groups in total. The van der Waals surface area contributed by atoms with Gasteiger partial charge in [0, 0.05) is 18.0 Å². The second-order valence-corrected chi connectivity index (χ2v) is 6.87. The average molecular weight is 379 g/mol. The molecular weight excluding hydrogens is 358 g/mol. The molecule has 6 nitrogen and oxygen atoms in total. The van der Waals surface area contributed by atoms with Crippen LogP contribution in [0.4, 0.5) is 5.69 Å². The molecule has 4 rings (SSSR count). The van der Waals surface area contributed by atoms with Crippen LogP contribution in [-0.4, -0.2) is 32.7 Å². The maximum atomic E-state index is 13.1. The first-order chi connectivity index (χ1) is 13.5. The van der Waals surface area contributed by atoms with E-state index in [1.165, 1.54) is 0 Å². The van der Waals surface area contributed by atoms with Crippen molar-refractivity contribution in [2.45, 2.75) is 19.3 Å². The Morgan fingerprint density at radius 3 is 2.39 bits per heavy atom. The molecule has 0 aliphatic carbocycles. The van der Waals surface area contributed by atoms with Crippen LogP contribution in [0.15, 0.2) is 53.7 Å². The highest BCUT2D eigenvalue weighted by molar-refractivity contribution is 6.06. The van der Waals surface area contributed by atoms with Crippen LogP contribution in [0.1, 0.15) is 23.5 Å². The third kappa shape index (κ3) is 2.91. The molecule has 144 valence electrons. The number of ether oxygens (including phenoxy) is 3. The van der Waals surface area contributed by atoms with E-state index in [1.54, 1.807) is 25.2 Å². The first kappa shape index (κ1) is 18.1. The van der Waals surface area contributed by atoms with Gasteiger partial charge in [-0.2, -0.15) is 0 Å². The standard InChI is InChI=1S/C22H21NO5/c1-13-4-7-15(8-5-13)23-17-12-28-22(25)21(17)16(11-20(23)24)14-6-9-18(26-2)19(10-14)27-3/h4-10,16H,11-12H2,1-3H3. The van der Waals surface area contributed by atoms with Gasteiger partial charge in [0.1, 0.15) is 6.61 Å². The van der Waals surface area contributed by atoms with E-state index >= 15 is 0 Å². The second-order valence-electron chi connectivity index (χ2n) is 6.87. The number of anilines is 1. The lowest BCUT2D eigenvalue weighted by Crippen LogP contribution is -2.37. The van der Waals surface area contributed by atoms with Crippen molar-refractivity contribution in [2.24, 2.45) is 0 Å². The average Bonchev–Trinajstić information content (AvgIpc) is 3.09. The Labute approximate surface area is 163 Å². The van der Waals surface area contributed by atoms with Gasteiger partial charge in [-0.3, -0.25) is 9.69 Å². The van der Waals surface area contributed by atoms with Crippen LogP contribution in [-0.2, 0) is 14.3 Å². The van der Waals surface area contributed by atoms with Crippen LogP contribution < -0.4 is 14.4 Å². The molecule has 1 amide bonds. The number of rotatable bonds is 4. The molecule has 0 saturated carbocycles. The zero-order valence-electron chi connectivity index (χ0n) is 16.0. The summed E-state index contributed by atoms with van der Waals surface area (Å²) in [6.07, 6.45) is 0.178. The minimum absolute atomic E-state index is 0.0688. The summed E-state index contributed by atoms with van der Waals surface area (Å²) >= 11 is 0. The third-order valence-corrected chi connectivity index (χ3v) is 5.22. The summed E-state index contributed by atoms with van der Waals surface area (Å²) in [6, 6.07) is 13.1. The SMILES string of the molecule is COc1ccc(C2CC(=O)N(c3ccc(C)cc3)C3=C2C(=O)OC3)cc1OC. The van der Waals surface area contributed by atoms with E-state index in [-0.39, 0.29) is 30.8 Å². The number of esters is 1. The van der Waals surface area contributed by atoms with Gasteiger partial charge < -0.3 is 14.2 Å². The highest BCUT2D eigenvalue weighted by Crippen LogP contribution is 2.43. The molecule has 0 spiro atoms. The molecule has 0 aromatic heterocycles. The predicted octanol–water partition coefficient (Wildman–Crippen LogP) is 3.34. The molecule has 0 bridgehead atoms. The number of cyclic esters (lactones) is 1. The van der Waals surface area contributed by atoms with E-state index in [0.717, 1.165) is 16.8 Å². The first-order valence-electron chi connectivity index (χ1n) is 9.05. The van der Waals surface area contributed by atoms with Gasteiger partial charge in [0.25, 0.3) is 0 Å². The first-order valence-corrected chi connectivity index (χ1v) is 9.05. The van der Waals surface area contributed by atoms with Gasteiger partial charge in [0.05, 0.1) is 25.5 Å². The van der Waals surface area contributed by atoms with Crippen molar-refractivity contribution >= 4 is 17.6 Å². The van der Waals surface area contributed by atoms with Crippen LogP contribution >= 0.6 is 0 Å². The lowest BCUT2D eigenvalue weighted by molar-refractivity contribution is -0.136. The second kappa shape index (κ2) is 7.03. The summed E-state index contributed by atoms with van der Waals surface area (Å²) in [4.78, 5) is 27.2. The molecule has 6 heteroatoms. The summed E-state index contributed by atoms with van der Waals surface area (Å²) in [5.74, 6) is 0.332. The predicted molar refractivity (Wildman–Crippen MR) is 104 cm³/mol. The summed E-state index contributed by atoms with van der Waals surface area (Å²) in [5, 5.41) is 0. The number of amides is 1. The Kier molecular flexibility index (Phi) is 4.55. The fourth-order valence-corrected chi connectivity index (χ4v) is 3.80. The summed E-state index contributed by atoms with van der Waals surface area (Å²) < 4.78 is 16.0. The van der Waals surface area contributed by atoms with Gasteiger partial charge >= 0.3 is 5.97 Å². The van der Waals surface area contributed by atoms with E-state index in [0.29, 0.717) is 22.8 Å². The summed E-state index contributed by atoms with van der Waals surface area (Å²) in [6.45, 7) is 2.08. The van der Waals surface area contributed by atoms with E-state index in [9.17, 15) is 9.59 Å². The smallest absolute Gasteiger partial charge is 0.336 e. The quantitative estimate of drug-likeness (QED) is 0.763. The molecule has 2 aliphatic heterocycles. The molecule has 2 aromatic rings. The molecule has 1 atom stereocenters. The number of aryl methyl sites for hydroxylation is 1. The molecular formula is C22H21NO5. The van der Waals surface area contributed by atoms with E-state index in [1.807, 2.05) is 43.3 Å². The number of hydrogen-bond acceptors (Lipinski definition) is 5. The monoisotopic (exact) mass is 379 g/mol. The third-order valence-electron chi connectivity index (χ3n) is 5.22. The molecule has 0 fully saturated rings. The van der Waals surface area contributed by atoms with Crippen molar-refractivity contribution in [1.29, 1.82) is 0 Å². The Morgan fingerprint density at radius 1 is 1.00 bits per heavy atom. The molecule has 1 unspecified atom stereocenters. The molecule has 28 heavy (non-hydrogen) atoms. The highest BCUT2D eigenvalue weighted by atomic mass is 16.5. The summed E-state index contributed by atoms with van der Waals surface area (Å²) in [7, 11) is 3.12. The minimum atomic E-state index is -0.376. The zero-order chi connectivity index (χ0) is 19.8. The number of benzene rings is 2. The van der Waals surface area contributed by atoms with Gasteiger partial charge in [0.2, 0.25) is 5.91 Å². The molecule has 2 heterocycles. The van der Waals surface area contributed by atoms with Crippen molar-refractivity contribution in [1.82, 2.24) is 0 Å². The summed E-state index contributed by atoms with van der Waals surface area (Å²) in [5.41, 5.74) is 3.81. The van der Waals surface area contributed by atoms with Crippen LogP contribution in [0.5, 0.6) is 11.5 Å². The fourth-order valence-electron chi connectivity index (χ4n) is 3.80. The Hall–Kier alpha value is -3.28. The van der Waals surface area contributed by atoms with Gasteiger partial charge in [-0.05, 0) is 36.8 Å². The van der Waals surface area contributed by atoms with Gasteiger partial charge in [-0.1, -0.05) is 23.8 Å². The van der Waals surface area contributed by atoms with E-state index in [2.05, 4.69) is 0 Å². The largest absolute Gasteiger partial charge is 0.493 e. The Balaban J connectivity index is 1.80. The highest BCUT2D eigenvalue weighted by Gasteiger charge is 2.43. The molecule has 2 aromatic carbocycles. The minimum Gasteiger partial charge on any atom is -0.493 e. The van der Waals surface area contributed by atoms with Crippen molar-refractivity contribution in [2.75, 3.05) is 25.7 Å². The fraction of sp³-hybridized carbons (Fsp3) is 0.273. The molecule has 0 radical (unpaired) electrons. The number of carbonyl (C=O) groups is 2. The maximum absolute atomic E-state index is 13.1. The zero-order valence-corrected chi connectivity index (χ0v) is 16.0. The topological polar surface area (TPSA) is 65.1 Å². The number of methoxy groups -OCH3 is 2. The Bertz CT molecular complexity index is 977. The van der Waals surface area contributed by atoms with Crippen LogP contribution in [0.2, 0.25) is 0 Å². The lowest BCUT2D eigenvalue weighted by atomic mass is 9.84. The van der Waals surface area contributed by atoms with Crippen molar-refractivity contribution < 1.29 is 23.8 Å². The van der Waals surface area contributed by atoms with Gasteiger partial charge in [-0.25, -0.2) is 4.79 Å². The Morgan fingerprint density at radius 2 is 1.71 bits per heavy atom. The van der Waals surface area contributed by atoms with Crippen LogP contribution in [0, 0.1) is 6.92 Å². The van der Waals surface area contributed by atoms with E-state index < -0.39 is 0 Å². The van der Waals surface area contributed by atoms with Crippen LogP contribution in [0.3, 0.4) is 0 Å². The molecule has 2 aliphatic rings. The van der Waals surface area contributed by atoms with Crippen molar-refractivity contribution in [3.8, 4) is 11.5 Å². The van der Waals surface area contributed by atoms with Crippen molar-refractivity contribution in [3.05, 3.63) is 64.9 Å². The number of nitrogens with zero attached hydrogens (tertiary/aromatic N) is 1. The van der Waals surface area contributed by atoms with Crippen LogP contribution in [0.25, 0.3) is 0 Å².